The quantitative estimate of drug-likeness (QED) is 0.287. The van der Waals surface area contributed by atoms with Crippen LogP contribution in [0.2, 0.25) is 0 Å². The molecule has 0 atom stereocenters. The van der Waals surface area contributed by atoms with Crippen molar-refractivity contribution in [3.63, 3.8) is 0 Å². The molecule has 0 bridgehead atoms. The number of rotatable bonds is 12. The van der Waals surface area contributed by atoms with Crippen LogP contribution in [0, 0.1) is 0 Å². The molecule has 0 aliphatic carbocycles. The Morgan fingerprint density at radius 1 is 0.758 bits per heavy atom. The van der Waals surface area contributed by atoms with E-state index in [0.717, 1.165) is 58.8 Å². The summed E-state index contributed by atoms with van der Waals surface area (Å²) in [4.78, 5) is 0. The van der Waals surface area contributed by atoms with Crippen LogP contribution in [0.3, 0.4) is 0 Å². The van der Waals surface area contributed by atoms with E-state index in [1.807, 2.05) is 42.5 Å². The van der Waals surface area contributed by atoms with Gasteiger partial charge in [0.05, 0.1) is 27.9 Å². The molecule has 0 N–H and O–H groups in total. The molecule has 0 saturated heterocycles. The van der Waals surface area contributed by atoms with Gasteiger partial charge in [-0.15, -0.1) is 0 Å². The van der Waals surface area contributed by atoms with Crippen molar-refractivity contribution in [2.45, 2.75) is 19.3 Å². The lowest BCUT2D eigenvalue weighted by molar-refractivity contribution is 0.304. The smallest absolute Gasteiger partial charge is 0.130 e. The fourth-order valence-corrected chi connectivity index (χ4v) is 3.62. The summed E-state index contributed by atoms with van der Waals surface area (Å²) in [5.74, 6) is 2.91. The standard InChI is InChI=1S/C29H32O4/c1-6-22-10-12-23(13-11-22)9-7-8-18-33-29-20-25(31-4)15-17-27(29)21(2)26-16-14-24(30-3)19-28(26)32-5/h6,10-17,19-20H,1-2,7-9,18H2,3-5H3. The Labute approximate surface area is 197 Å². The third-order valence-electron chi connectivity index (χ3n) is 5.58. The summed E-state index contributed by atoms with van der Waals surface area (Å²) in [6.45, 7) is 8.73. The van der Waals surface area contributed by atoms with E-state index in [4.69, 9.17) is 18.9 Å². The third kappa shape index (κ3) is 6.19. The average Bonchev–Trinajstić information content (AvgIpc) is 2.87. The molecule has 3 aromatic rings. The number of methoxy groups -OCH3 is 3. The molecule has 0 heterocycles. The Bertz CT molecular complexity index is 1080. The predicted octanol–water partition coefficient (Wildman–Crippen LogP) is 6.82. The second-order valence-corrected chi connectivity index (χ2v) is 7.66. The Morgan fingerprint density at radius 2 is 1.36 bits per heavy atom. The summed E-state index contributed by atoms with van der Waals surface area (Å²) in [5.41, 5.74) is 5.06. The monoisotopic (exact) mass is 444 g/mol. The van der Waals surface area contributed by atoms with Gasteiger partial charge in [-0.1, -0.05) is 43.5 Å². The van der Waals surface area contributed by atoms with Crippen molar-refractivity contribution in [3.8, 4) is 23.0 Å². The van der Waals surface area contributed by atoms with Gasteiger partial charge in [0.15, 0.2) is 0 Å². The van der Waals surface area contributed by atoms with Crippen molar-refractivity contribution in [3.05, 3.63) is 96.1 Å². The highest BCUT2D eigenvalue weighted by molar-refractivity contribution is 5.84. The maximum Gasteiger partial charge on any atom is 0.130 e. The minimum Gasteiger partial charge on any atom is -0.497 e. The zero-order valence-corrected chi connectivity index (χ0v) is 19.7. The van der Waals surface area contributed by atoms with E-state index in [9.17, 15) is 0 Å². The lowest BCUT2D eigenvalue weighted by Crippen LogP contribution is -2.02. The van der Waals surface area contributed by atoms with Crippen LogP contribution in [0.15, 0.2) is 73.8 Å². The lowest BCUT2D eigenvalue weighted by atomic mass is 9.97. The van der Waals surface area contributed by atoms with Gasteiger partial charge in [-0.2, -0.15) is 0 Å². The van der Waals surface area contributed by atoms with Crippen molar-refractivity contribution in [2.75, 3.05) is 27.9 Å². The molecule has 4 heteroatoms. The Balaban J connectivity index is 1.69. The topological polar surface area (TPSA) is 36.9 Å². The first-order valence-corrected chi connectivity index (χ1v) is 11.0. The SMILES string of the molecule is C=Cc1ccc(CCCCOc2cc(OC)ccc2C(=C)c2ccc(OC)cc2OC)cc1. The van der Waals surface area contributed by atoms with E-state index < -0.39 is 0 Å². The highest BCUT2D eigenvalue weighted by Crippen LogP contribution is 2.38. The number of ether oxygens (including phenoxy) is 4. The molecule has 0 amide bonds. The molecule has 0 unspecified atom stereocenters. The van der Waals surface area contributed by atoms with Crippen LogP contribution in [0.5, 0.6) is 23.0 Å². The molecule has 4 nitrogen and oxygen atoms in total. The molecular formula is C29H32O4. The van der Waals surface area contributed by atoms with Gasteiger partial charge in [-0.25, -0.2) is 0 Å². The molecule has 0 aliphatic heterocycles. The van der Waals surface area contributed by atoms with E-state index in [1.165, 1.54) is 5.56 Å². The second-order valence-electron chi connectivity index (χ2n) is 7.66. The summed E-state index contributed by atoms with van der Waals surface area (Å²) < 4.78 is 22.5. The minimum atomic E-state index is 0.609. The van der Waals surface area contributed by atoms with Crippen molar-refractivity contribution in [1.29, 1.82) is 0 Å². The van der Waals surface area contributed by atoms with Gasteiger partial charge < -0.3 is 18.9 Å². The van der Waals surface area contributed by atoms with Crippen LogP contribution in [-0.2, 0) is 6.42 Å². The Hall–Kier alpha value is -3.66. The van der Waals surface area contributed by atoms with Gasteiger partial charge in [0, 0.05) is 23.3 Å². The van der Waals surface area contributed by atoms with Gasteiger partial charge in [0.25, 0.3) is 0 Å². The third-order valence-corrected chi connectivity index (χ3v) is 5.58. The Morgan fingerprint density at radius 3 is 1.94 bits per heavy atom. The number of unbranched alkanes of at least 4 members (excludes halogenated alkanes) is 1. The normalized spacial score (nSPS) is 10.4. The number of hydrogen-bond donors (Lipinski definition) is 0. The van der Waals surface area contributed by atoms with Crippen LogP contribution in [0.4, 0.5) is 0 Å². The molecule has 0 spiro atoms. The largest absolute Gasteiger partial charge is 0.497 e. The number of aryl methyl sites for hydroxylation is 1. The van der Waals surface area contributed by atoms with E-state index in [-0.39, 0.29) is 0 Å². The summed E-state index contributed by atoms with van der Waals surface area (Å²) >= 11 is 0. The molecule has 0 fully saturated rings. The molecular weight excluding hydrogens is 412 g/mol. The lowest BCUT2D eigenvalue weighted by Gasteiger charge is -2.17. The zero-order chi connectivity index (χ0) is 23.6. The highest BCUT2D eigenvalue weighted by atomic mass is 16.5. The molecule has 0 aromatic heterocycles. The fraction of sp³-hybridized carbons (Fsp3) is 0.241. The van der Waals surface area contributed by atoms with Crippen LogP contribution >= 0.6 is 0 Å². The van der Waals surface area contributed by atoms with Crippen LogP contribution in [0.25, 0.3) is 11.6 Å². The predicted molar refractivity (Wildman–Crippen MR) is 136 cm³/mol. The van der Waals surface area contributed by atoms with E-state index >= 15 is 0 Å². The van der Waals surface area contributed by atoms with Crippen LogP contribution < -0.4 is 18.9 Å². The minimum absolute atomic E-state index is 0.609. The Kier molecular flexibility index (Phi) is 8.59. The molecule has 33 heavy (non-hydrogen) atoms. The molecule has 3 aromatic carbocycles. The molecule has 0 radical (unpaired) electrons. The first kappa shape index (κ1) is 24.0. The molecule has 0 aliphatic rings. The van der Waals surface area contributed by atoms with Crippen molar-refractivity contribution < 1.29 is 18.9 Å². The maximum atomic E-state index is 6.20. The second kappa shape index (κ2) is 11.8. The average molecular weight is 445 g/mol. The molecule has 0 saturated carbocycles. The van der Waals surface area contributed by atoms with E-state index in [2.05, 4.69) is 37.4 Å². The first-order chi connectivity index (χ1) is 16.1. The van der Waals surface area contributed by atoms with Crippen molar-refractivity contribution in [1.82, 2.24) is 0 Å². The van der Waals surface area contributed by atoms with Crippen LogP contribution in [0.1, 0.15) is 35.1 Å². The van der Waals surface area contributed by atoms with Gasteiger partial charge in [-0.05, 0) is 60.2 Å². The van der Waals surface area contributed by atoms with Crippen molar-refractivity contribution >= 4 is 11.6 Å². The maximum absolute atomic E-state index is 6.20. The summed E-state index contributed by atoms with van der Waals surface area (Å²) in [6, 6.07) is 20.0. The van der Waals surface area contributed by atoms with E-state index in [0.29, 0.717) is 12.4 Å². The summed E-state index contributed by atoms with van der Waals surface area (Å²) in [5, 5.41) is 0. The van der Waals surface area contributed by atoms with Gasteiger partial charge in [0.1, 0.15) is 23.0 Å². The molecule has 3 rings (SSSR count). The van der Waals surface area contributed by atoms with E-state index in [1.54, 1.807) is 21.3 Å². The summed E-state index contributed by atoms with van der Waals surface area (Å²) in [7, 11) is 4.93. The van der Waals surface area contributed by atoms with Gasteiger partial charge >= 0.3 is 0 Å². The number of benzene rings is 3. The van der Waals surface area contributed by atoms with Crippen molar-refractivity contribution in [2.24, 2.45) is 0 Å². The fourth-order valence-electron chi connectivity index (χ4n) is 3.62. The van der Waals surface area contributed by atoms with Crippen LogP contribution in [-0.4, -0.2) is 27.9 Å². The zero-order valence-electron chi connectivity index (χ0n) is 19.7. The van der Waals surface area contributed by atoms with Gasteiger partial charge in [-0.3, -0.25) is 0 Å². The first-order valence-electron chi connectivity index (χ1n) is 11.0. The highest BCUT2D eigenvalue weighted by Gasteiger charge is 2.15. The molecule has 172 valence electrons. The van der Waals surface area contributed by atoms with Gasteiger partial charge in [0.2, 0.25) is 0 Å². The summed E-state index contributed by atoms with van der Waals surface area (Å²) in [6.07, 6.45) is 4.86. The number of hydrogen-bond acceptors (Lipinski definition) is 4.